The minimum absolute atomic E-state index is 0. The average molecular weight is 526 g/mol. The van der Waals surface area contributed by atoms with Gasteiger partial charge in [0.15, 0.2) is 0 Å². The first-order chi connectivity index (χ1) is 17.3. The van der Waals surface area contributed by atoms with Gasteiger partial charge in [0.05, 0.1) is 23.5 Å². The number of hydrogen-bond acceptors (Lipinski definition) is 8. The third-order valence-corrected chi connectivity index (χ3v) is 7.46. The second-order valence-electron chi connectivity index (χ2n) is 8.88. The lowest BCUT2D eigenvalue weighted by Crippen LogP contribution is -2.45. The Morgan fingerprint density at radius 2 is 1.84 bits per heavy atom. The van der Waals surface area contributed by atoms with Crippen molar-refractivity contribution in [1.82, 2.24) is 10.3 Å². The highest BCUT2D eigenvalue weighted by molar-refractivity contribution is 7.21. The van der Waals surface area contributed by atoms with Gasteiger partial charge in [-0.25, -0.2) is 4.98 Å². The lowest BCUT2D eigenvalue weighted by Gasteiger charge is -2.33. The Balaban J connectivity index is 0.00000380. The minimum atomic E-state index is -0.587. The molecular formula is C26H35N7O3S. The van der Waals surface area contributed by atoms with E-state index in [0.717, 1.165) is 60.4 Å². The maximum absolute atomic E-state index is 12.4. The van der Waals surface area contributed by atoms with Crippen LogP contribution in [0.1, 0.15) is 59.2 Å². The number of nitrogens with zero attached hydrogens (tertiary/aromatic N) is 2. The van der Waals surface area contributed by atoms with E-state index in [4.69, 9.17) is 22.2 Å². The number of nitrogens with one attached hydrogen (secondary N) is 2. The number of pyridine rings is 1. The molecule has 1 aliphatic rings. The van der Waals surface area contributed by atoms with E-state index in [2.05, 4.69) is 28.5 Å². The summed E-state index contributed by atoms with van der Waals surface area (Å²) >= 11 is 1.24. The summed E-state index contributed by atoms with van der Waals surface area (Å²) < 4.78 is 0. The van der Waals surface area contributed by atoms with Crippen LogP contribution in [0.3, 0.4) is 0 Å². The van der Waals surface area contributed by atoms with Crippen LogP contribution in [-0.4, -0.2) is 48.4 Å². The lowest BCUT2D eigenvalue weighted by atomic mass is 10.0. The second-order valence-corrected chi connectivity index (χ2v) is 9.88. The summed E-state index contributed by atoms with van der Waals surface area (Å²) in [6, 6.07) is 8.91. The summed E-state index contributed by atoms with van der Waals surface area (Å²) in [6.45, 7) is 3.78. The monoisotopic (exact) mass is 525 g/mol. The number of nitrogens with two attached hydrogens (primary N) is 3. The van der Waals surface area contributed by atoms with Crippen LogP contribution in [0.2, 0.25) is 0 Å². The zero-order valence-corrected chi connectivity index (χ0v) is 21.0. The van der Waals surface area contributed by atoms with Gasteiger partial charge in [-0.05, 0) is 43.0 Å². The Morgan fingerprint density at radius 3 is 2.49 bits per heavy atom. The van der Waals surface area contributed by atoms with Crippen molar-refractivity contribution in [3.63, 3.8) is 0 Å². The van der Waals surface area contributed by atoms with Crippen molar-refractivity contribution < 1.29 is 14.4 Å². The van der Waals surface area contributed by atoms with Crippen molar-refractivity contribution in [3.8, 4) is 0 Å². The Kier molecular flexibility index (Phi) is 9.06. The summed E-state index contributed by atoms with van der Waals surface area (Å²) in [5.41, 5.74) is 19.3. The van der Waals surface area contributed by atoms with Crippen LogP contribution < -0.4 is 32.7 Å². The van der Waals surface area contributed by atoms with Gasteiger partial charge in [-0.3, -0.25) is 14.4 Å². The molecule has 198 valence electrons. The van der Waals surface area contributed by atoms with E-state index in [0.29, 0.717) is 16.3 Å². The van der Waals surface area contributed by atoms with Crippen molar-refractivity contribution >= 4 is 56.5 Å². The highest BCUT2D eigenvalue weighted by atomic mass is 32.1. The quantitative estimate of drug-likeness (QED) is 0.286. The Labute approximate surface area is 220 Å². The van der Waals surface area contributed by atoms with Gasteiger partial charge < -0.3 is 32.7 Å². The topological polar surface area (TPSA) is 169 Å². The van der Waals surface area contributed by atoms with Crippen molar-refractivity contribution in [3.05, 3.63) is 46.3 Å². The summed E-state index contributed by atoms with van der Waals surface area (Å²) in [6.07, 6.45) is 3.45. The van der Waals surface area contributed by atoms with E-state index in [9.17, 15) is 14.4 Å². The summed E-state index contributed by atoms with van der Waals surface area (Å²) in [5.74, 6) is -0.491. The van der Waals surface area contributed by atoms with Gasteiger partial charge in [0.1, 0.15) is 15.5 Å². The summed E-state index contributed by atoms with van der Waals surface area (Å²) in [7, 11) is 0. The number of primary amides is 2. The Morgan fingerprint density at radius 1 is 1.14 bits per heavy atom. The Hall–Kier alpha value is -3.70. The van der Waals surface area contributed by atoms with E-state index >= 15 is 0 Å². The molecule has 0 aliphatic carbocycles. The molecule has 0 saturated carbocycles. The van der Waals surface area contributed by atoms with E-state index < -0.39 is 11.8 Å². The molecule has 0 spiro atoms. The number of rotatable bonds is 9. The first-order valence-electron chi connectivity index (χ1n) is 12.0. The minimum Gasteiger partial charge on any atom is -0.397 e. The van der Waals surface area contributed by atoms with Gasteiger partial charge in [0.25, 0.3) is 11.8 Å². The SMILES string of the molecule is C.CCCc1cc(N2CCC(NCC(=O)Nc3ccccc3C(N)=O)CC2)nc2sc(C(N)=O)c(N)c12. The number of thiophene rings is 1. The molecule has 0 bridgehead atoms. The third-order valence-electron chi connectivity index (χ3n) is 6.35. The summed E-state index contributed by atoms with van der Waals surface area (Å²) in [4.78, 5) is 43.9. The van der Waals surface area contributed by atoms with Gasteiger partial charge in [0, 0.05) is 24.5 Å². The molecule has 8 N–H and O–H groups in total. The number of anilines is 3. The number of carbonyl (C=O) groups is 3. The van der Waals surface area contributed by atoms with Crippen molar-refractivity contribution in [1.29, 1.82) is 0 Å². The highest BCUT2D eigenvalue weighted by Crippen LogP contribution is 2.37. The van der Waals surface area contributed by atoms with E-state index in [1.54, 1.807) is 24.3 Å². The van der Waals surface area contributed by atoms with Gasteiger partial charge in [-0.1, -0.05) is 32.9 Å². The number of benzene rings is 1. The highest BCUT2D eigenvalue weighted by Gasteiger charge is 2.24. The number of carbonyl (C=O) groups excluding carboxylic acids is 3. The molecule has 37 heavy (non-hydrogen) atoms. The predicted molar refractivity (Wildman–Crippen MR) is 150 cm³/mol. The van der Waals surface area contributed by atoms with Gasteiger partial charge in [-0.15, -0.1) is 11.3 Å². The molecule has 0 atom stereocenters. The van der Waals surface area contributed by atoms with Crippen LogP contribution in [0.4, 0.5) is 17.2 Å². The second kappa shape index (κ2) is 12.0. The first-order valence-corrected chi connectivity index (χ1v) is 12.8. The maximum atomic E-state index is 12.4. The molecule has 1 saturated heterocycles. The number of para-hydroxylation sites is 1. The molecule has 0 unspecified atom stereocenters. The van der Waals surface area contributed by atoms with Crippen molar-refractivity contribution in [2.24, 2.45) is 11.5 Å². The molecule has 10 nitrogen and oxygen atoms in total. The molecule has 3 amide bonds. The largest absolute Gasteiger partial charge is 0.397 e. The van der Waals surface area contributed by atoms with Gasteiger partial charge in [-0.2, -0.15) is 0 Å². The standard InChI is InChI=1S/C25H31N7O3S.CH4/c1-2-5-14-12-18(31-25-20(14)21(26)22(36-25)24(28)35)32-10-8-15(9-11-32)29-13-19(33)30-17-7-4-3-6-16(17)23(27)34;/h3-4,6-7,12,15,29H,2,5,8-11,13,26H2,1H3,(H2,27,34)(H2,28,35)(H,30,33);1H4. The Bertz CT molecular complexity index is 1300. The number of aryl methyl sites for hydroxylation is 1. The zero-order chi connectivity index (χ0) is 25.8. The van der Waals surface area contributed by atoms with Gasteiger partial charge in [0.2, 0.25) is 5.91 Å². The predicted octanol–water partition coefficient (Wildman–Crippen LogP) is 2.86. The van der Waals surface area contributed by atoms with E-state index in [-0.39, 0.29) is 31.5 Å². The third kappa shape index (κ3) is 6.17. The van der Waals surface area contributed by atoms with Gasteiger partial charge >= 0.3 is 0 Å². The maximum Gasteiger partial charge on any atom is 0.260 e. The molecule has 0 radical (unpaired) electrons. The van der Waals surface area contributed by atoms with Crippen molar-refractivity contribution in [2.45, 2.75) is 46.1 Å². The van der Waals surface area contributed by atoms with Crippen LogP contribution in [0.15, 0.2) is 30.3 Å². The van der Waals surface area contributed by atoms with Crippen LogP contribution in [-0.2, 0) is 11.2 Å². The molecule has 4 rings (SSSR count). The average Bonchev–Trinajstić information content (AvgIpc) is 3.20. The van der Waals surface area contributed by atoms with E-state index in [1.807, 2.05) is 0 Å². The molecule has 2 aromatic heterocycles. The number of nitrogen functional groups attached to an aromatic ring is 1. The van der Waals surface area contributed by atoms with Crippen LogP contribution in [0, 0.1) is 0 Å². The first kappa shape index (κ1) is 27.9. The number of hydrogen-bond donors (Lipinski definition) is 5. The van der Waals surface area contributed by atoms with Crippen molar-refractivity contribution in [2.75, 3.05) is 35.6 Å². The molecule has 1 aliphatic heterocycles. The smallest absolute Gasteiger partial charge is 0.260 e. The number of aromatic nitrogens is 1. The zero-order valence-electron chi connectivity index (χ0n) is 20.2. The molecule has 3 heterocycles. The number of amides is 3. The summed E-state index contributed by atoms with van der Waals surface area (Å²) in [5, 5.41) is 6.89. The van der Waals surface area contributed by atoms with Crippen LogP contribution in [0.5, 0.6) is 0 Å². The fourth-order valence-electron chi connectivity index (χ4n) is 4.55. The molecular weight excluding hydrogens is 490 g/mol. The fourth-order valence-corrected chi connectivity index (χ4v) is 5.54. The molecule has 1 aromatic carbocycles. The van der Waals surface area contributed by atoms with Crippen LogP contribution >= 0.6 is 11.3 Å². The number of piperidine rings is 1. The van der Waals surface area contributed by atoms with E-state index in [1.165, 1.54) is 11.3 Å². The molecule has 1 fully saturated rings. The lowest BCUT2D eigenvalue weighted by molar-refractivity contribution is -0.115. The number of fused-ring (bicyclic) bond motifs is 1. The fraction of sp³-hybridized carbons (Fsp3) is 0.385. The van der Waals surface area contributed by atoms with Crippen LogP contribution in [0.25, 0.3) is 10.2 Å². The molecule has 11 heteroatoms. The molecule has 3 aromatic rings. The normalized spacial score (nSPS) is 13.8.